The number of morpholine rings is 2. The molecule has 8 heteroatoms. The minimum absolute atomic E-state index is 0.137. The summed E-state index contributed by atoms with van der Waals surface area (Å²) in [4.78, 5) is 10.8. The minimum atomic E-state index is 0.137. The second kappa shape index (κ2) is 10.2. The Bertz CT molecular complexity index is 650. The first-order valence-corrected chi connectivity index (χ1v) is 11.7. The predicted molar refractivity (Wildman–Crippen MR) is 116 cm³/mol. The maximum absolute atomic E-state index is 6.01. The second-order valence-electron chi connectivity index (χ2n) is 8.04. The van der Waals surface area contributed by atoms with Gasteiger partial charge in [0.15, 0.2) is 5.96 Å². The third kappa shape index (κ3) is 5.30. The van der Waals surface area contributed by atoms with Crippen molar-refractivity contribution in [3.8, 4) is 0 Å². The van der Waals surface area contributed by atoms with Crippen molar-refractivity contribution in [2.45, 2.75) is 44.1 Å². The third-order valence-corrected chi connectivity index (χ3v) is 7.00. The maximum Gasteiger partial charge on any atom is 0.193 e. The topological polar surface area (TPSA) is 58.6 Å². The van der Waals surface area contributed by atoms with Gasteiger partial charge in [-0.25, -0.2) is 0 Å². The molecule has 3 fully saturated rings. The van der Waals surface area contributed by atoms with Crippen LogP contribution in [0, 0.1) is 0 Å². The summed E-state index contributed by atoms with van der Waals surface area (Å²) in [6.45, 7) is 8.99. The zero-order valence-corrected chi connectivity index (χ0v) is 18.4. The number of hydrogen-bond acceptors (Lipinski definition) is 6. The van der Waals surface area contributed by atoms with E-state index in [1.165, 1.54) is 4.88 Å². The third-order valence-electron chi connectivity index (χ3n) is 6.02. The molecule has 1 aromatic heterocycles. The van der Waals surface area contributed by atoms with E-state index in [-0.39, 0.29) is 18.3 Å². The lowest BCUT2D eigenvalue weighted by atomic mass is 10.1. The van der Waals surface area contributed by atoms with E-state index in [1.54, 1.807) is 0 Å². The number of rotatable bonds is 5. The van der Waals surface area contributed by atoms with Crippen molar-refractivity contribution in [1.82, 2.24) is 15.1 Å². The summed E-state index contributed by atoms with van der Waals surface area (Å²) < 4.78 is 17.6. The predicted octanol–water partition coefficient (Wildman–Crippen LogP) is 1.97. The molecule has 29 heavy (non-hydrogen) atoms. The number of nitrogens with one attached hydrogen (secondary N) is 1. The number of aliphatic imine (C=N–C) groups is 1. The van der Waals surface area contributed by atoms with Gasteiger partial charge in [0.25, 0.3) is 0 Å². The Morgan fingerprint density at radius 1 is 1.21 bits per heavy atom. The first-order valence-electron chi connectivity index (χ1n) is 10.8. The van der Waals surface area contributed by atoms with Gasteiger partial charge in [0.05, 0.1) is 31.5 Å². The molecule has 0 bridgehead atoms. The molecule has 4 heterocycles. The molecular formula is C21H34N4O3S. The van der Waals surface area contributed by atoms with Crippen LogP contribution >= 0.6 is 11.3 Å². The molecule has 0 radical (unpaired) electrons. The van der Waals surface area contributed by atoms with Crippen LogP contribution < -0.4 is 5.32 Å². The normalized spacial score (nSPS) is 30.5. The monoisotopic (exact) mass is 422 g/mol. The summed E-state index contributed by atoms with van der Waals surface area (Å²) in [7, 11) is 1.87. The molecule has 0 amide bonds. The van der Waals surface area contributed by atoms with Crippen LogP contribution in [0.5, 0.6) is 0 Å². The van der Waals surface area contributed by atoms with E-state index in [9.17, 15) is 0 Å². The van der Waals surface area contributed by atoms with E-state index in [2.05, 4.69) is 44.5 Å². The van der Waals surface area contributed by atoms with Crippen LogP contribution in [0.15, 0.2) is 22.5 Å². The molecule has 4 atom stereocenters. The fraction of sp³-hybridized carbons (Fsp3) is 0.762. The molecule has 0 aliphatic carbocycles. The Hall–Kier alpha value is -1.19. The van der Waals surface area contributed by atoms with Crippen LogP contribution in [-0.4, -0.2) is 93.7 Å². The molecule has 162 valence electrons. The zero-order chi connectivity index (χ0) is 20.1. The number of nitrogens with zero attached hydrogens (tertiary/aromatic N) is 3. The minimum Gasteiger partial charge on any atom is -0.376 e. The van der Waals surface area contributed by atoms with E-state index >= 15 is 0 Å². The molecular weight excluding hydrogens is 388 g/mol. The molecule has 3 aliphatic rings. The number of thiophene rings is 1. The lowest BCUT2D eigenvalue weighted by Gasteiger charge is -2.39. The number of hydrogen-bond donors (Lipinski definition) is 1. The highest BCUT2D eigenvalue weighted by Crippen LogP contribution is 2.27. The molecule has 1 aromatic rings. The van der Waals surface area contributed by atoms with E-state index in [0.29, 0.717) is 6.04 Å². The molecule has 3 aliphatic heterocycles. The second-order valence-corrected chi connectivity index (χ2v) is 9.02. The number of ether oxygens (including phenoxy) is 3. The molecule has 7 nitrogen and oxygen atoms in total. The highest BCUT2D eigenvalue weighted by Gasteiger charge is 2.33. The largest absolute Gasteiger partial charge is 0.376 e. The number of guanidine groups is 1. The van der Waals surface area contributed by atoms with Gasteiger partial charge in [-0.3, -0.25) is 9.89 Å². The van der Waals surface area contributed by atoms with Gasteiger partial charge in [0, 0.05) is 51.3 Å². The molecule has 4 rings (SSSR count). The van der Waals surface area contributed by atoms with E-state index in [1.807, 2.05) is 18.4 Å². The van der Waals surface area contributed by atoms with Gasteiger partial charge in [-0.1, -0.05) is 6.07 Å². The molecule has 4 unspecified atom stereocenters. The average molecular weight is 423 g/mol. The van der Waals surface area contributed by atoms with E-state index in [4.69, 9.17) is 14.2 Å². The first-order chi connectivity index (χ1) is 14.2. The van der Waals surface area contributed by atoms with Crippen molar-refractivity contribution in [1.29, 1.82) is 0 Å². The van der Waals surface area contributed by atoms with Gasteiger partial charge in [0.2, 0.25) is 0 Å². The lowest BCUT2D eigenvalue weighted by molar-refractivity contribution is -0.0817. The van der Waals surface area contributed by atoms with Crippen LogP contribution in [-0.2, 0) is 14.2 Å². The Labute approximate surface area is 178 Å². The smallest absolute Gasteiger partial charge is 0.193 e. The molecule has 0 saturated carbocycles. The Kier molecular flexibility index (Phi) is 7.42. The maximum atomic E-state index is 6.01. The molecule has 0 spiro atoms. The standard InChI is InChI=1S/C21H34N4O3S/c1-16-14-24(7-10-26-16)17(20-6-4-12-29-20)13-23-21(22-2)25-8-11-28-19(15-25)18-5-3-9-27-18/h4,6,12,16-19H,3,5,7-11,13-15H2,1-2H3,(H,22,23). The van der Waals surface area contributed by atoms with Gasteiger partial charge in [-0.05, 0) is 31.2 Å². The summed E-state index contributed by atoms with van der Waals surface area (Å²) in [5.41, 5.74) is 0. The summed E-state index contributed by atoms with van der Waals surface area (Å²) >= 11 is 1.83. The van der Waals surface area contributed by atoms with Crippen LogP contribution in [0.2, 0.25) is 0 Å². The summed E-state index contributed by atoms with van der Waals surface area (Å²) in [6, 6.07) is 4.70. The SMILES string of the molecule is CN=C(NCC(c1cccs1)N1CCOC(C)C1)N1CCOC(C2CCCO2)C1. The molecule has 0 aromatic carbocycles. The van der Waals surface area contributed by atoms with E-state index in [0.717, 1.165) is 71.3 Å². The average Bonchev–Trinajstić information content (AvgIpc) is 3.46. The van der Waals surface area contributed by atoms with E-state index < -0.39 is 0 Å². The Morgan fingerprint density at radius 2 is 2.07 bits per heavy atom. The van der Waals surface area contributed by atoms with Crippen molar-refractivity contribution in [3.05, 3.63) is 22.4 Å². The highest BCUT2D eigenvalue weighted by atomic mass is 32.1. The van der Waals surface area contributed by atoms with Gasteiger partial charge in [-0.15, -0.1) is 11.3 Å². The van der Waals surface area contributed by atoms with Crippen molar-refractivity contribution in [3.63, 3.8) is 0 Å². The summed E-state index contributed by atoms with van der Waals surface area (Å²) in [5, 5.41) is 5.82. The van der Waals surface area contributed by atoms with Crippen molar-refractivity contribution in [2.24, 2.45) is 4.99 Å². The van der Waals surface area contributed by atoms with Crippen molar-refractivity contribution >= 4 is 17.3 Å². The quantitative estimate of drug-likeness (QED) is 0.578. The van der Waals surface area contributed by atoms with Crippen LogP contribution in [0.1, 0.15) is 30.7 Å². The fourth-order valence-electron chi connectivity index (χ4n) is 4.53. The van der Waals surface area contributed by atoms with Gasteiger partial charge >= 0.3 is 0 Å². The van der Waals surface area contributed by atoms with Crippen molar-refractivity contribution < 1.29 is 14.2 Å². The Morgan fingerprint density at radius 3 is 2.79 bits per heavy atom. The lowest BCUT2D eigenvalue weighted by Crippen LogP contribution is -2.54. The first kappa shape index (κ1) is 21.1. The fourth-order valence-corrected chi connectivity index (χ4v) is 5.39. The van der Waals surface area contributed by atoms with Crippen LogP contribution in [0.3, 0.4) is 0 Å². The van der Waals surface area contributed by atoms with Gasteiger partial charge in [0.1, 0.15) is 6.10 Å². The van der Waals surface area contributed by atoms with Crippen LogP contribution in [0.4, 0.5) is 0 Å². The highest BCUT2D eigenvalue weighted by molar-refractivity contribution is 7.10. The zero-order valence-electron chi connectivity index (χ0n) is 17.6. The Balaban J connectivity index is 1.38. The summed E-state index contributed by atoms with van der Waals surface area (Å²) in [6.07, 6.45) is 2.87. The van der Waals surface area contributed by atoms with Crippen molar-refractivity contribution in [2.75, 3.05) is 59.6 Å². The summed E-state index contributed by atoms with van der Waals surface area (Å²) in [5.74, 6) is 0.958. The molecule has 3 saturated heterocycles. The van der Waals surface area contributed by atoms with Gasteiger partial charge in [-0.2, -0.15) is 0 Å². The molecule has 1 N–H and O–H groups in total. The van der Waals surface area contributed by atoms with Gasteiger partial charge < -0.3 is 24.4 Å². The van der Waals surface area contributed by atoms with Crippen LogP contribution in [0.25, 0.3) is 0 Å².